The third kappa shape index (κ3) is 5.01. The highest BCUT2D eigenvalue weighted by atomic mass is 16.4. The van der Waals surface area contributed by atoms with E-state index in [0.29, 0.717) is 17.8 Å². The summed E-state index contributed by atoms with van der Waals surface area (Å²) in [6.07, 6.45) is 18.6. The highest BCUT2D eigenvalue weighted by Gasteiger charge is 2.55. The zero-order valence-electron chi connectivity index (χ0n) is 16.5. The number of rotatable bonds is 4. The molecule has 0 aromatic carbocycles. The number of aliphatic carboxylic acids is 2. The fraction of sp³-hybridized carbons (Fsp3) is 0.909. The maximum Gasteiger partial charge on any atom is 0.310 e. The summed E-state index contributed by atoms with van der Waals surface area (Å²) in [7, 11) is 0. The van der Waals surface area contributed by atoms with Crippen LogP contribution in [-0.2, 0) is 9.59 Å². The smallest absolute Gasteiger partial charge is 0.310 e. The summed E-state index contributed by atoms with van der Waals surface area (Å²) < 4.78 is 0. The van der Waals surface area contributed by atoms with E-state index >= 15 is 0 Å². The van der Waals surface area contributed by atoms with Gasteiger partial charge in [-0.15, -0.1) is 0 Å². The molecule has 3 fully saturated rings. The van der Waals surface area contributed by atoms with Gasteiger partial charge in [0.1, 0.15) is 0 Å². The van der Waals surface area contributed by atoms with E-state index < -0.39 is 11.9 Å². The normalized spacial score (nSPS) is 23.7. The lowest BCUT2D eigenvalue weighted by Crippen LogP contribution is -2.52. The van der Waals surface area contributed by atoms with Gasteiger partial charge in [-0.2, -0.15) is 0 Å². The highest BCUT2D eigenvalue weighted by Crippen LogP contribution is 2.56. The fourth-order valence-corrected chi connectivity index (χ4v) is 6.26. The second kappa shape index (κ2) is 10.3. The molecule has 0 atom stereocenters. The van der Waals surface area contributed by atoms with Crippen LogP contribution in [0.3, 0.4) is 0 Å². The van der Waals surface area contributed by atoms with Gasteiger partial charge in [0.15, 0.2) is 0 Å². The van der Waals surface area contributed by atoms with Crippen molar-refractivity contribution in [3.8, 4) is 0 Å². The minimum atomic E-state index is -0.833. The minimum Gasteiger partial charge on any atom is -0.481 e. The van der Waals surface area contributed by atoms with Gasteiger partial charge in [0, 0.05) is 6.92 Å². The SMILES string of the molecule is CC(=O)O.O=C(O)C(C1CCCCC1)(C1CCCCC1)C1CCCCC1. The molecule has 0 bridgehead atoms. The molecule has 0 unspecified atom stereocenters. The molecular weight excluding hydrogens is 328 g/mol. The number of hydrogen-bond acceptors (Lipinski definition) is 2. The molecule has 3 saturated carbocycles. The number of hydrogen-bond donors (Lipinski definition) is 2. The van der Waals surface area contributed by atoms with Gasteiger partial charge in [-0.25, -0.2) is 0 Å². The summed E-state index contributed by atoms with van der Waals surface area (Å²) in [5.41, 5.74) is -0.374. The van der Waals surface area contributed by atoms with Gasteiger partial charge in [-0.3, -0.25) is 9.59 Å². The van der Waals surface area contributed by atoms with Crippen LogP contribution < -0.4 is 0 Å². The monoisotopic (exact) mass is 366 g/mol. The van der Waals surface area contributed by atoms with Gasteiger partial charge in [0.2, 0.25) is 0 Å². The fourth-order valence-electron chi connectivity index (χ4n) is 6.26. The van der Waals surface area contributed by atoms with E-state index in [1.807, 2.05) is 0 Å². The molecule has 4 heteroatoms. The van der Waals surface area contributed by atoms with Crippen molar-refractivity contribution in [1.29, 1.82) is 0 Å². The Morgan fingerprint density at radius 3 is 1.04 bits per heavy atom. The number of carbonyl (C=O) groups is 2. The van der Waals surface area contributed by atoms with Gasteiger partial charge in [0.25, 0.3) is 5.97 Å². The van der Waals surface area contributed by atoms with Crippen LogP contribution in [0.25, 0.3) is 0 Å². The summed E-state index contributed by atoms with van der Waals surface area (Å²) >= 11 is 0. The van der Waals surface area contributed by atoms with Crippen LogP contribution in [0.2, 0.25) is 0 Å². The average Bonchev–Trinajstić information content (AvgIpc) is 2.64. The molecule has 0 radical (unpaired) electrons. The van der Waals surface area contributed by atoms with Gasteiger partial charge in [-0.05, 0) is 56.3 Å². The quantitative estimate of drug-likeness (QED) is 0.650. The molecule has 0 aromatic rings. The maximum absolute atomic E-state index is 12.7. The molecule has 26 heavy (non-hydrogen) atoms. The van der Waals surface area contributed by atoms with E-state index in [9.17, 15) is 9.90 Å². The standard InChI is InChI=1S/C20H34O2.C2H4O2/c21-19(22)20(16-10-4-1-5-11-16,17-12-6-2-7-13-17)18-14-8-3-9-15-18;1-2(3)4/h16-18H,1-15H2,(H,21,22);1H3,(H,3,4). The lowest BCUT2D eigenvalue weighted by atomic mass is 9.51. The second-order valence-corrected chi connectivity index (χ2v) is 8.76. The average molecular weight is 367 g/mol. The van der Waals surface area contributed by atoms with Crippen molar-refractivity contribution >= 4 is 11.9 Å². The molecule has 0 aliphatic heterocycles. The molecule has 2 N–H and O–H groups in total. The largest absolute Gasteiger partial charge is 0.481 e. The van der Waals surface area contributed by atoms with Crippen molar-refractivity contribution in [3.63, 3.8) is 0 Å². The molecule has 0 heterocycles. The Hall–Kier alpha value is -1.06. The van der Waals surface area contributed by atoms with E-state index in [2.05, 4.69) is 0 Å². The Morgan fingerprint density at radius 1 is 0.615 bits per heavy atom. The predicted molar refractivity (Wildman–Crippen MR) is 103 cm³/mol. The number of carboxylic acid groups (broad SMARTS) is 2. The second-order valence-electron chi connectivity index (χ2n) is 8.76. The molecule has 3 aliphatic rings. The van der Waals surface area contributed by atoms with Gasteiger partial charge < -0.3 is 10.2 Å². The van der Waals surface area contributed by atoms with Crippen molar-refractivity contribution < 1.29 is 19.8 Å². The first-order valence-corrected chi connectivity index (χ1v) is 10.9. The zero-order chi connectivity index (χ0) is 19.0. The zero-order valence-corrected chi connectivity index (χ0v) is 16.5. The van der Waals surface area contributed by atoms with Crippen LogP contribution in [0, 0.1) is 23.2 Å². The Balaban J connectivity index is 0.000000552. The van der Waals surface area contributed by atoms with Crippen LogP contribution in [0.1, 0.15) is 103 Å². The molecule has 0 saturated heterocycles. The van der Waals surface area contributed by atoms with Gasteiger partial charge in [0.05, 0.1) is 5.41 Å². The molecule has 0 amide bonds. The first-order valence-electron chi connectivity index (χ1n) is 10.9. The summed E-state index contributed by atoms with van der Waals surface area (Å²) in [5.74, 6) is 0.137. The Labute approximate surface area is 158 Å². The predicted octanol–water partition coefficient (Wildman–Crippen LogP) is 5.89. The molecule has 3 aliphatic carbocycles. The van der Waals surface area contributed by atoms with Crippen molar-refractivity contribution in [2.75, 3.05) is 0 Å². The van der Waals surface area contributed by atoms with Crippen LogP contribution in [0.5, 0.6) is 0 Å². The van der Waals surface area contributed by atoms with E-state index in [4.69, 9.17) is 9.90 Å². The molecular formula is C22H38O4. The van der Waals surface area contributed by atoms with Gasteiger partial charge >= 0.3 is 5.97 Å². The maximum atomic E-state index is 12.7. The Morgan fingerprint density at radius 2 is 0.846 bits per heavy atom. The van der Waals surface area contributed by atoms with Crippen LogP contribution >= 0.6 is 0 Å². The molecule has 150 valence electrons. The van der Waals surface area contributed by atoms with E-state index in [-0.39, 0.29) is 5.41 Å². The first kappa shape index (κ1) is 21.2. The Bertz CT molecular complexity index is 392. The first-order chi connectivity index (χ1) is 12.5. The van der Waals surface area contributed by atoms with Crippen molar-refractivity contribution in [2.24, 2.45) is 23.2 Å². The topological polar surface area (TPSA) is 74.6 Å². The van der Waals surface area contributed by atoms with Crippen molar-refractivity contribution in [3.05, 3.63) is 0 Å². The summed E-state index contributed by atoms with van der Waals surface area (Å²) in [4.78, 5) is 21.7. The third-order valence-electron chi connectivity index (χ3n) is 7.21. The number of carboxylic acids is 2. The van der Waals surface area contributed by atoms with E-state index in [1.165, 1.54) is 96.3 Å². The molecule has 3 rings (SSSR count). The molecule has 4 nitrogen and oxygen atoms in total. The summed E-state index contributed by atoms with van der Waals surface area (Å²) in [5, 5.41) is 17.9. The van der Waals surface area contributed by atoms with Crippen molar-refractivity contribution in [1.82, 2.24) is 0 Å². The van der Waals surface area contributed by atoms with E-state index in [0.717, 1.165) is 6.92 Å². The van der Waals surface area contributed by atoms with Gasteiger partial charge in [-0.1, -0.05) is 57.8 Å². The molecule has 0 spiro atoms. The van der Waals surface area contributed by atoms with Crippen LogP contribution in [-0.4, -0.2) is 22.2 Å². The summed E-state index contributed by atoms with van der Waals surface area (Å²) in [6, 6.07) is 0. The third-order valence-corrected chi connectivity index (χ3v) is 7.21. The van der Waals surface area contributed by atoms with Crippen LogP contribution in [0.4, 0.5) is 0 Å². The van der Waals surface area contributed by atoms with Crippen molar-refractivity contribution in [2.45, 2.75) is 103 Å². The molecule has 0 aromatic heterocycles. The lowest BCUT2D eigenvalue weighted by molar-refractivity contribution is -0.169. The summed E-state index contributed by atoms with van der Waals surface area (Å²) in [6.45, 7) is 1.08. The Kier molecular flexibility index (Phi) is 8.43. The van der Waals surface area contributed by atoms with Crippen LogP contribution in [0.15, 0.2) is 0 Å². The highest BCUT2D eigenvalue weighted by molar-refractivity contribution is 5.76. The lowest BCUT2D eigenvalue weighted by Gasteiger charge is -2.51. The van der Waals surface area contributed by atoms with E-state index in [1.54, 1.807) is 0 Å². The minimum absolute atomic E-state index is 0.374.